The van der Waals surface area contributed by atoms with Crippen LogP contribution in [0.5, 0.6) is 0 Å². The minimum atomic E-state index is 0. The monoisotopic (exact) mass is 273 g/mol. The molecule has 0 aromatic carbocycles. The smallest absolute Gasteiger partial charge is 0.255 e. The molecule has 104 valence electrons. The Balaban J connectivity index is 0.00000289. The van der Waals surface area contributed by atoms with Crippen molar-refractivity contribution in [1.82, 2.24) is 9.47 Å². The largest absolute Gasteiger partial charge is 0.349 e. The first kappa shape index (κ1) is 17.0. The minimum absolute atomic E-state index is 0. The van der Waals surface area contributed by atoms with E-state index >= 15 is 0 Å². The van der Waals surface area contributed by atoms with Crippen molar-refractivity contribution >= 4 is 18.3 Å². The van der Waals surface area contributed by atoms with Crippen LogP contribution >= 0.6 is 12.4 Å². The number of halogens is 1. The lowest BCUT2D eigenvalue weighted by Gasteiger charge is -2.23. The molecule has 0 aliphatic carbocycles. The van der Waals surface area contributed by atoms with E-state index in [4.69, 9.17) is 5.73 Å². The highest BCUT2D eigenvalue weighted by Gasteiger charge is 2.21. The molecule has 2 N–H and O–H groups in total. The second kappa shape index (κ2) is 6.81. The molecule has 1 aromatic rings. The zero-order valence-corrected chi connectivity index (χ0v) is 12.7. The van der Waals surface area contributed by atoms with Crippen molar-refractivity contribution in [2.24, 2.45) is 5.73 Å². The van der Waals surface area contributed by atoms with Crippen LogP contribution in [0.2, 0.25) is 0 Å². The normalized spacial score (nSPS) is 11.9. The van der Waals surface area contributed by atoms with Crippen molar-refractivity contribution < 1.29 is 4.79 Å². The van der Waals surface area contributed by atoms with Gasteiger partial charge in [-0.15, -0.1) is 12.4 Å². The Morgan fingerprint density at radius 1 is 1.50 bits per heavy atom. The Kier molecular flexibility index (Phi) is 6.43. The number of nitrogens with two attached hydrogens (primary N) is 1. The van der Waals surface area contributed by atoms with Gasteiger partial charge in [-0.2, -0.15) is 0 Å². The molecule has 1 atom stereocenters. The maximum absolute atomic E-state index is 12.3. The van der Waals surface area contributed by atoms with Crippen LogP contribution in [0.3, 0.4) is 0 Å². The fourth-order valence-corrected chi connectivity index (χ4v) is 2.05. The Labute approximate surface area is 116 Å². The summed E-state index contributed by atoms with van der Waals surface area (Å²) in [5.41, 5.74) is 8.53. The van der Waals surface area contributed by atoms with E-state index in [1.807, 2.05) is 26.8 Å². The van der Waals surface area contributed by atoms with Gasteiger partial charge in [-0.05, 0) is 33.8 Å². The second-order valence-electron chi connectivity index (χ2n) is 4.53. The summed E-state index contributed by atoms with van der Waals surface area (Å²) in [4.78, 5) is 14.0. The van der Waals surface area contributed by atoms with Crippen molar-refractivity contribution in [2.45, 2.75) is 40.3 Å². The van der Waals surface area contributed by atoms with Crippen LogP contribution < -0.4 is 5.73 Å². The van der Waals surface area contributed by atoms with E-state index < -0.39 is 0 Å². The minimum Gasteiger partial charge on any atom is -0.349 e. The molecular formula is C13H24ClN3O. The zero-order valence-electron chi connectivity index (χ0n) is 11.9. The van der Waals surface area contributed by atoms with Gasteiger partial charge in [0.25, 0.3) is 5.91 Å². The zero-order chi connectivity index (χ0) is 13.2. The van der Waals surface area contributed by atoms with Gasteiger partial charge in [0, 0.05) is 37.6 Å². The van der Waals surface area contributed by atoms with Gasteiger partial charge in [0.15, 0.2) is 0 Å². The van der Waals surface area contributed by atoms with Gasteiger partial charge in [-0.25, -0.2) is 0 Å². The first-order valence-corrected chi connectivity index (χ1v) is 6.07. The molecule has 1 unspecified atom stereocenters. The summed E-state index contributed by atoms with van der Waals surface area (Å²) in [6, 6.07) is 2.02. The topological polar surface area (TPSA) is 51.3 Å². The van der Waals surface area contributed by atoms with Gasteiger partial charge in [-0.1, -0.05) is 0 Å². The molecule has 1 amide bonds. The summed E-state index contributed by atoms with van der Waals surface area (Å²) < 4.78 is 2.15. The first-order valence-electron chi connectivity index (χ1n) is 6.07. The predicted molar refractivity (Wildman–Crippen MR) is 77.4 cm³/mol. The number of amides is 1. The molecule has 0 aliphatic rings. The van der Waals surface area contributed by atoms with E-state index in [1.54, 1.807) is 11.9 Å². The highest BCUT2D eigenvalue weighted by Crippen LogP contribution is 2.17. The van der Waals surface area contributed by atoms with Crippen LogP contribution in [0.15, 0.2) is 6.07 Å². The van der Waals surface area contributed by atoms with Gasteiger partial charge in [0.2, 0.25) is 0 Å². The summed E-state index contributed by atoms with van der Waals surface area (Å²) in [5, 5.41) is 0. The molecule has 4 nitrogen and oxygen atoms in total. The lowest BCUT2D eigenvalue weighted by molar-refractivity contribution is 0.0747. The number of aryl methyl sites for hydroxylation is 1. The molecule has 0 aliphatic heterocycles. The van der Waals surface area contributed by atoms with Crippen molar-refractivity contribution in [3.8, 4) is 0 Å². The van der Waals surface area contributed by atoms with Crippen LogP contribution in [0.4, 0.5) is 0 Å². The summed E-state index contributed by atoms with van der Waals surface area (Å²) in [6.45, 7) is 9.43. The van der Waals surface area contributed by atoms with Crippen LogP contribution in [-0.2, 0) is 6.54 Å². The number of carbonyl (C=O) groups is 1. The number of nitrogens with zero attached hydrogens (tertiary/aromatic N) is 2. The molecule has 0 bridgehead atoms. The second-order valence-corrected chi connectivity index (χ2v) is 4.53. The predicted octanol–water partition coefficient (Wildman–Crippen LogP) is 1.97. The summed E-state index contributed by atoms with van der Waals surface area (Å²) in [7, 11) is 1.80. The van der Waals surface area contributed by atoms with E-state index in [-0.39, 0.29) is 24.4 Å². The standard InChI is InChI=1S/C13H23N3O.ClH/c1-6-16-9(2)7-12(11(16)4)13(17)15(5)10(3)8-14;/h7,10H,6,8,14H2,1-5H3;1H. The van der Waals surface area contributed by atoms with Crippen molar-refractivity contribution in [1.29, 1.82) is 0 Å². The molecule has 0 spiro atoms. The number of carbonyl (C=O) groups excluding carboxylic acids is 1. The number of hydrogen-bond donors (Lipinski definition) is 1. The SMILES string of the molecule is CCn1c(C)cc(C(=O)N(C)C(C)CN)c1C.Cl. The number of aromatic nitrogens is 1. The molecule has 18 heavy (non-hydrogen) atoms. The molecule has 0 saturated carbocycles. The summed E-state index contributed by atoms with van der Waals surface area (Å²) in [6.07, 6.45) is 0. The summed E-state index contributed by atoms with van der Waals surface area (Å²) in [5.74, 6) is 0.0516. The molecule has 1 heterocycles. The highest BCUT2D eigenvalue weighted by molar-refractivity contribution is 5.95. The molecule has 0 fully saturated rings. The molecule has 5 heteroatoms. The van der Waals surface area contributed by atoms with Gasteiger partial charge < -0.3 is 15.2 Å². The van der Waals surface area contributed by atoms with Crippen molar-refractivity contribution in [2.75, 3.05) is 13.6 Å². The van der Waals surface area contributed by atoms with Crippen LogP contribution in [0.25, 0.3) is 0 Å². The Morgan fingerprint density at radius 2 is 2.06 bits per heavy atom. The fraction of sp³-hybridized carbons (Fsp3) is 0.615. The van der Waals surface area contributed by atoms with Crippen LogP contribution in [0, 0.1) is 13.8 Å². The average Bonchev–Trinajstić information content (AvgIpc) is 2.61. The first-order chi connectivity index (χ1) is 7.93. The molecule has 0 radical (unpaired) electrons. The maximum Gasteiger partial charge on any atom is 0.255 e. The lowest BCUT2D eigenvalue weighted by Crippen LogP contribution is -2.39. The number of hydrogen-bond acceptors (Lipinski definition) is 2. The van der Waals surface area contributed by atoms with Crippen LogP contribution in [0.1, 0.15) is 35.6 Å². The number of likely N-dealkylation sites (N-methyl/N-ethyl adjacent to an activating group) is 1. The van der Waals surface area contributed by atoms with E-state index in [0.29, 0.717) is 6.54 Å². The Hall–Kier alpha value is -1.00. The van der Waals surface area contributed by atoms with Crippen LogP contribution in [-0.4, -0.2) is 35.0 Å². The number of rotatable bonds is 4. The van der Waals surface area contributed by atoms with E-state index in [1.165, 1.54) is 0 Å². The molecule has 0 saturated heterocycles. The van der Waals surface area contributed by atoms with Gasteiger partial charge in [-0.3, -0.25) is 4.79 Å². The van der Waals surface area contributed by atoms with E-state index in [2.05, 4.69) is 11.5 Å². The van der Waals surface area contributed by atoms with E-state index in [0.717, 1.165) is 23.5 Å². The Bertz CT molecular complexity index is 415. The molecule has 1 rings (SSSR count). The van der Waals surface area contributed by atoms with Gasteiger partial charge in [0.05, 0.1) is 5.56 Å². The van der Waals surface area contributed by atoms with Gasteiger partial charge in [0.1, 0.15) is 0 Å². The van der Waals surface area contributed by atoms with E-state index in [9.17, 15) is 4.79 Å². The molecular weight excluding hydrogens is 250 g/mol. The maximum atomic E-state index is 12.3. The lowest BCUT2D eigenvalue weighted by atomic mass is 10.2. The third kappa shape index (κ3) is 3.06. The summed E-state index contributed by atoms with van der Waals surface area (Å²) >= 11 is 0. The van der Waals surface area contributed by atoms with Gasteiger partial charge >= 0.3 is 0 Å². The Morgan fingerprint density at radius 3 is 2.44 bits per heavy atom. The molecule has 1 aromatic heterocycles. The van der Waals surface area contributed by atoms with Crippen molar-refractivity contribution in [3.05, 3.63) is 23.0 Å². The fourth-order valence-electron chi connectivity index (χ4n) is 2.05. The third-order valence-electron chi connectivity index (χ3n) is 3.44. The third-order valence-corrected chi connectivity index (χ3v) is 3.44. The highest BCUT2D eigenvalue weighted by atomic mass is 35.5. The average molecular weight is 274 g/mol. The quantitative estimate of drug-likeness (QED) is 0.912. The van der Waals surface area contributed by atoms with Crippen molar-refractivity contribution in [3.63, 3.8) is 0 Å².